The van der Waals surface area contributed by atoms with Gasteiger partial charge in [0.05, 0.1) is 16.0 Å². The zero-order chi connectivity index (χ0) is 23.0. The molecule has 1 fully saturated rings. The maximum atomic E-state index is 13.5. The van der Waals surface area contributed by atoms with Gasteiger partial charge in [-0.1, -0.05) is 23.8 Å². The highest BCUT2D eigenvalue weighted by atomic mass is 32.2. The highest BCUT2D eigenvalue weighted by Gasteiger charge is 2.34. The van der Waals surface area contributed by atoms with E-state index in [0.29, 0.717) is 26.2 Å². The van der Waals surface area contributed by atoms with Gasteiger partial charge in [-0.25, -0.2) is 8.42 Å². The van der Waals surface area contributed by atoms with Gasteiger partial charge in [-0.05, 0) is 42.6 Å². The molecule has 0 unspecified atom stereocenters. The quantitative estimate of drug-likeness (QED) is 0.422. The van der Waals surface area contributed by atoms with Crippen molar-refractivity contribution in [2.45, 2.75) is 16.8 Å². The van der Waals surface area contributed by atoms with Crippen molar-refractivity contribution in [1.82, 2.24) is 9.88 Å². The first kappa shape index (κ1) is 21.5. The highest BCUT2D eigenvalue weighted by Crippen LogP contribution is 2.36. The van der Waals surface area contributed by atoms with Crippen LogP contribution in [0.25, 0.3) is 10.8 Å². The van der Waals surface area contributed by atoms with Gasteiger partial charge in [0.15, 0.2) is 5.76 Å². The lowest BCUT2D eigenvalue weighted by molar-refractivity contribution is 0.0713. The molecular weight excluding hydrogens is 462 g/mol. The number of carbonyl (C=O) groups excluding carboxylic acids is 1. The maximum absolute atomic E-state index is 13.5. The van der Waals surface area contributed by atoms with E-state index in [1.165, 1.54) is 17.6 Å². The number of aromatic nitrogens is 1. The van der Waals surface area contributed by atoms with Crippen molar-refractivity contribution in [3.05, 3.63) is 71.5 Å². The summed E-state index contributed by atoms with van der Waals surface area (Å²) in [6, 6.07) is 13.7. The molecule has 10 heteroatoms. The second kappa shape index (κ2) is 8.53. The van der Waals surface area contributed by atoms with Gasteiger partial charge in [0, 0.05) is 26.2 Å². The standard InChI is InChI=1S/C23H21N3O5S2/c1-16-6-8-17(9-7-16)33(28,29)21-23(31-20(24-21)19-5-3-15-32-19)26-12-10-25(11-13-26)22(27)18-4-2-14-30-18/h2-9,14-15H,10-13H2,1H3. The number of rotatable bonds is 5. The van der Waals surface area contributed by atoms with Gasteiger partial charge < -0.3 is 18.6 Å². The summed E-state index contributed by atoms with van der Waals surface area (Å²) >= 11 is 1.42. The largest absolute Gasteiger partial charge is 0.459 e. The Kier molecular flexibility index (Phi) is 5.55. The smallest absolute Gasteiger partial charge is 0.289 e. The van der Waals surface area contributed by atoms with Crippen molar-refractivity contribution < 1.29 is 22.0 Å². The number of benzene rings is 1. The Morgan fingerprint density at radius 3 is 2.42 bits per heavy atom. The van der Waals surface area contributed by atoms with Gasteiger partial charge in [0.1, 0.15) is 0 Å². The number of hydrogen-bond acceptors (Lipinski definition) is 8. The molecule has 0 spiro atoms. The summed E-state index contributed by atoms with van der Waals surface area (Å²) in [7, 11) is -3.91. The molecule has 4 heterocycles. The fourth-order valence-electron chi connectivity index (χ4n) is 3.68. The highest BCUT2D eigenvalue weighted by molar-refractivity contribution is 7.91. The van der Waals surface area contributed by atoms with E-state index in [1.807, 2.05) is 29.3 Å². The van der Waals surface area contributed by atoms with Gasteiger partial charge in [0.2, 0.25) is 26.6 Å². The van der Waals surface area contributed by atoms with Crippen LogP contribution < -0.4 is 4.90 Å². The van der Waals surface area contributed by atoms with Crippen LogP contribution in [0.5, 0.6) is 0 Å². The summed E-state index contributed by atoms with van der Waals surface area (Å²) in [6.07, 6.45) is 1.46. The minimum absolute atomic E-state index is 0.111. The van der Waals surface area contributed by atoms with Gasteiger partial charge in [0.25, 0.3) is 5.91 Å². The first-order valence-electron chi connectivity index (χ1n) is 10.4. The normalized spacial score (nSPS) is 14.6. The molecule has 8 nitrogen and oxygen atoms in total. The van der Waals surface area contributed by atoms with Crippen LogP contribution in [0.2, 0.25) is 0 Å². The number of thiophene rings is 1. The Balaban J connectivity index is 1.47. The number of furan rings is 1. The monoisotopic (exact) mass is 483 g/mol. The Morgan fingerprint density at radius 2 is 1.79 bits per heavy atom. The maximum Gasteiger partial charge on any atom is 0.289 e. The number of sulfone groups is 1. The number of aryl methyl sites for hydroxylation is 1. The van der Waals surface area contributed by atoms with Crippen LogP contribution in [0.3, 0.4) is 0 Å². The van der Waals surface area contributed by atoms with Gasteiger partial charge >= 0.3 is 0 Å². The SMILES string of the molecule is Cc1ccc(S(=O)(=O)c2nc(-c3cccs3)oc2N2CCN(C(=O)c3ccco3)CC2)cc1. The van der Waals surface area contributed by atoms with Crippen LogP contribution in [0.15, 0.2) is 78.9 Å². The van der Waals surface area contributed by atoms with Crippen LogP contribution in [0.4, 0.5) is 5.88 Å². The summed E-state index contributed by atoms with van der Waals surface area (Å²) in [5.74, 6) is 0.554. The van der Waals surface area contributed by atoms with E-state index >= 15 is 0 Å². The predicted molar refractivity (Wildman–Crippen MR) is 123 cm³/mol. The van der Waals surface area contributed by atoms with Gasteiger partial charge in [-0.15, -0.1) is 11.3 Å². The first-order chi connectivity index (χ1) is 15.9. The van der Waals surface area contributed by atoms with Crippen LogP contribution in [-0.2, 0) is 9.84 Å². The number of oxazole rings is 1. The van der Waals surface area contributed by atoms with Gasteiger partial charge in [-0.3, -0.25) is 4.79 Å². The molecule has 4 aromatic rings. The molecule has 0 bridgehead atoms. The summed E-state index contributed by atoms with van der Waals surface area (Å²) in [6.45, 7) is 3.51. The minimum Gasteiger partial charge on any atom is -0.459 e. The average Bonchev–Trinajstić information content (AvgIpc) is 3.60. The molecule has 0 atom stereocenters. The Labute approximate surface area is 195 Å². The van der Waals surface area contributed by atoms with Crippen molar-refractivity contribution in [3.8, 4) is 10.8 Å². The second-order valence-electron chi connectivity index (χ2n) is 7.68. The van der Waals surface area contributed by atoms with E-state index in [4.69, 9.17) is 8.83 Å². The molecule has 5 rings (SSSR count). The molecule has 170 valence electrons. The Bertz CT molecular complexity index is 1350. The molecular formula is C23H21N3O5S2. The molecule has 0 aliphatic carbocycles. The van der Waals surface area contributed by atoms with Crippen LogP contribution in [0, 0.1) is 6.92 Å². The van der Waals surface area contributed by atoms with E-state index in [9.17, 15) is 13.2 Å². The van der Waals surface area contributed by atoms with Crippen molar-refractivity contribution in [2.75, 3.05) is 31.1 Å². The van der Waals surface area contributed by atoms with Crippen LogP contribution >= 0.6 is 11.3 Å². The zero-order valence-electron chi connectivity index (χ0n) is 17.8. The summed E-state index contributed by atoms with van der Waals surface area (Å²) in [5.41, 5.74) is 0.964. The number of nitrogens with zero attached hydrogens (tertiary/aromatic N) is 3. The Hall–Kier alpha value is -3.37. The third-order valence-corrected chi connectivity index (χ3v) is 8.01. The number of hydrogen-bond donors (Lipinski definition) is 0. The average molecular weight is 484 g/mol. The first-order valence-corrected chi connectivity index (χ1v) is 12.7. The predicted octanol–water partition coefficient (Wildman–Crippen LogP) is 4.10. The molecule has 1 amide bonds. The van der Waals surface area contributed by atoms with Gasteiger partial charge in [-0.2, -0.15) is 4.98 Å². The zero-order valence-corrected chi connectivity index (χ0v) is 19.4. The summed E-state index contributed by atoms with van der Waals surface area (Å²) in [4.78, 5) is 21.4. The molecule has 33 heavy (non-hydrogen) atoms. The third-order valence-electron chi connectivity index (χ3n) is 5.48. The third kappa shape index (κ3) is 4.07. The lowest BCUT2D eigenvalue weighted by Crippen LogP contribution is -2.49. The van der Waals surface area contributed by atoms with E-state index < -0.39 is 9.84 Å². The number of piperazine rings is 1. The summed E-state index contributed by atoms with van der Waals surface area (Å²) < 4.78 is 38.2. The minimum atomic E-state index is -3.91. The molecule has 1 aromatic carbocycles. The number of carbonyl (C=O) groups is 1. The van der Waals surface area contributed by atoms with E-state index in [0.717, 1.165) is 10.4 Å². The number of amides is 1. The molecule has 3 aromatic heterocycles. The van der Waals surface area contributed by atoms with Crippen molar-refractivity contribution in [2.24, 2.45) is 0 Å². The van der Waals surface area contributed by atoms with Crippen LogP contribution in [-0.4, -0.2) is 50.4 Å². The lowest BCUT2D eigenvalue weighted by Gasteiger charge is -2.34. The van der Waals surface area contributed by atoms with Crippen LogP contribution in [0.1, 0.15) is 16.1 Å². The Morgan fingerprint density at radius 1 is 1.03 bits per heavy atom. The van der Waals surface area contributed by atoms with E-state index in [-0.39, 0.29) is 33.4 Å². The molecule has 0 radical (unpaired) electrons. The molecule has 0 N–H and O–H groups in total. The lowest BCUT2D eigenvalue weighted by atomic mass is 10.2. The molecule has 1 aliphatic heterocycles. The van der Waals surface area contributed by atoms with Crippen molar-refractivity contribution in [3.63, 3.8) is 0 Å². The van der Waals surface area contributed by atoms with E-state index in [2.05, 4.69) is 4.98 Å². The summed E-state index contributed by atoms with van der Waals surface area (Å²) in [5, 5.41) is 1.77. The van der Waals surface area contributed by atoms with Crippen molar-refractivity contribution in [1.29, 1.82) is 0 Å². The topological polar surface area (TPSA) is 96.9 Å². The van der Waals surface area contributed by atoms with E-state index in [1.54, 1.807) is 41.3 Å². The second-order valence-corrected chi connectivity index (χ2v) is 10.5. The molecule has 1 saturated heterocycles. The molecule has 1 aliphatic rings. The fourth-order valence-corrected chi connectivity index (χ4v) is 5.65. The molecule has 0 saturated carbocycles. The fraction of sp³-hybridized carbons (Fsp3) is 0.217. The number of anilines is 1. The van der Waals surface area contributed by atoms with Crippen molar-refractivity contribution >= 4 is 33.0 Å².